The second-order valence-electron chi connectivity index (χ2n) is 3.69. The molecule has 0 radical (unpaired) electrons. The molecule has 2 aliphatic heterocycles. The van der Waals surface area contributed by atoms with Crippen LogP contribution in [0.4, 0.5) is 0 Å². The highest BCUT2D eigenvalue weighted by Crippen LogP contribution is 2.40. The molecule has 3 nitrogen and oxygen atoms in total. The number of hydrogen-bond donors (Lipinski definition) is 0. The first-order valence-electron chi connectivity index (χ1n) is 4.48. The lowest BCUT2D eigenvalue weighted by Gasteiger charge is -2.38. The molecule has 2 atom stereocenters. The number of halogens is 1. The van der Waals surface area contributed by atoms with Crippen molar-refractivity contribution in [2.75, 3.05) is 13.7 Å². The molecule has 3 aliphatic rings. The molecule has 0 aromatic rings. The zero-order valence-electron chi connectivity index (χ0n) is 7.55. The minimum Gasteiger partial charge on any atom is -0.467 e. The van der Waals surface area contributed by atoms with E-state index in [4.69, 9.17) is 16.3 Å². The van der Waals surface area contributed by atoms with Crippen LogP contribution >= 0.6 is 11.6 Å². The van der Waals surface area contributed by atoms with Gasteiger partial charge in [0.05, 0.1) is 7.11 Å². The molecule has 3 rings (SSSR count). The average molecular weight is 202 g/mol. The minimum absolute atomic E-state index is 0.350. The predicted octanol–water partition coefficient (Wildman–Crippen LogP) is 1.39. The molecule has 0 aromatic carbocycles. The van der Waals surface area contributed by atoms with Crippen LogP contribution in [0.25, 0.3) is 0 Å². The smallest absolute Gasteiger partial charge is 0.332 e. The zero-order chi connectivity index (χ0) is 9.47. The van der Waals surface area contributed by atoms with E-state index in [9.17, 15) is 4.79 Å². The highest BCUT2D eigenvalue weighted by molar-refractivity contribution is 6.47. The van der Waals surface area contributed by atoms with Gasteiger partial charge in [0, 0.05) is 12.3 Å². The van der Waals surface area contributed by atoms with Crippen LogP contribution in [0.2, 0.25) is 0 Å². The summed E-state index contributed by atoms with van der Waals surface area (Å²) in [5.74, 6) is 0.117. The van der Waals surface area contributed by atoms with Crippen LogP contribution < -0.4 is 0 Å². The largest absolute Gasteiger partial charge is 0.467 e. The Hall–Kier alpha value is -0.570. The molecule has 1 saturated carbocycles. The quantitative estimate of drug-likeness (QED) is 0.475. The van der Waals surface area contributed by atoms with Crippen LogP contribution in [0.1, 0.15) is 19.3 Å². The molecule has 72 valence electrons. The van der Waals surface area contributed by atoms with Crippen LogP contribution in [0.15, 0.2) is 4.99 Å². The third-order valence-corrected chi connectivity index (χ3v) is 3.39. The lowest BCUT2D eigenvalue weighted by Crippen LogP contribution is -2.50. The maximum atomic E-state index is 11.4. The standard InChI is InChI=1S/C9H12ClNO2/c1-13-8(12)9(10)4-6-2-3-7(9)11-5-6/h6H,2-5H2,1H3. The first-order valence-corrected chi connectivity index (χ1v) is 4.86. The molecule has 0 spiro atoms. The van der Waals surface area contributed by atoms with Gasteiger partial charge in [0.2, 0.25) is 0 Å². The van der Waals surface area contributed by atoms with Crippen LogP contribution in [0, 0.1) is 5.92 Å². The summed E-state index contributed by atoms with van der Waals surface area (Å²) >= 11 is 6.22. The molecule has 2 unspecified atom stereocenters. The van der Waals surface area contributed by atoms with E-state index in [1.165, 1.54) is 7.11 Å². The molecule has 0 aromatic heterocycles. The number of aliphatic imine (C=N–C) groups is 1. The van der Waals surface area contributed by atoms with Gasteiger partial charge in [-0.3, -0.25) is 4.99 Å². The maximum Gasteiger partial charge on any atom is 0.332 e. The summed E-state index contributed by atoms with van der Waals surface area (Å²) in [4.78, 5) is 14.8. The number of fused-ring (bicyclic) bond motifs is 3. The Bertz CT molecular complexity index is 277. The third kappa shape index (κ3) is 1.26. The van der Waals surface area contributed by atoms with Gasteiger partial charge >= 0.3 is 5.97 Å². The van der Waals surface area contributed by atoms with Crippen molar-refractivity contribution in [3.63, 3.8) is 0 Å². The van der Waals surface area contributed by atoms with E-state index in [0.717, 1.165) is 25.1 Å². The summed E-state index contributed by atoms with van der Waals surface area (Å²) in [6.07, 6.45) is 2.66. The monoisotopic (exact) mass is 201 g/mol. The molecule has 1 fully saturated rings. The zero-order valence-corrected chi connectivity index (χ0v) is 8.30. The first-order chi connectivity index (χ1) is 6.16. The lowest BCUT2D eigenvalue weighted by molar-refractivity contribution is -0.142. The highest BCUT2D eigenvalue weighted by atomic mass is 35.5. The van der Waals surface area contributed by atoms with Gasteiger partial charge in [-0.25, -0.2) is 4.79 Å². The van der Waals surface area contributed by atoms with E-state index in [-0.39, 0.29) is 5.97 Å². The molecule has 4 heteroatoms. The fourth-order valence-corrected chi connectivity index (χ4v) is 2.57. The number of rotatable bonds is 1. The van der Waals surface area contributed by atoms with Crippen molar-refractivity contribution < 1.29 is 9.53 Å². The number of hydrogen-bond acceptors (Lipinski definition) is 3. The topological polar surface area (TPSA) is 38.7 Å². The van der Waals surface area contributed by atoms with Gasteiger partial charge in [0.15, 0.2) is 4.87 Å². The number of carbonyl (C=O) groups excluding carboxylic acids is 1. The van der Waals surface area contributed by atoms with Crippen molar-refractivity contribution in [1.82, 2.24) is 0 Å². The number of alkyl halides is 1. The van der Waals surface area contributed by atoms with Crippen molar-refractivity contribution in [3.05, 3.63) is 0 Å². The van der Waals surface area contributed by atoms with E-state index in [1.54, 1.807) is 0 Å². The van der Waals surface area contributed by atoms with E-state index in [0.29, 0.717) is 12.3 Å². The first kappa shape index (κ1) is 9.00. The molecule has 2 bridgehead atoms. The molecule has 1 aliphatic carbocycles. The summed E-state index contributed by atoms with van der Waals surface area (Å²) in [5.41, 5.74) is 0.823. The minimum atomic E-state index is -0.935. The molecule has 13 heavy (non-hydrogen) atoms. The van der Waals surface area contributed by atoms with Gasteiger partial charge in [-0.15, -0.1) is 11.6 Å². The van der Waals surface area contributed by atoms with E-state index in [1.807, 2.05) is 0 Å². The molecular formula is C9H12ClNO2. The number of ether oxygens (including phenoxy) is 1. The van der Waals surface area contributed by atoms with Crippen LogP contribution in [0.3, 0.4) is 0 Å². The Morgan fingerprint density at radius 1 is 1.77 bits per heavy atom. The number of esters is 1. The van der Waals surface area contributed by atoms with Crippen LogP contribution in [0.5, 0.6) is 0 Å². The third-order valence-electron chi connectivity index (χ3n) is 2.87. The molecule has 2 heterocycles. The van der Waals surface area contributed by atoms with Gasteiger partial charge in [0.25, 0.3) is 0 Å². The fraction of sp³-hybridized carbons (Fsp3) is 0.778. The summed E-state index contributed by atoms with van der Waals surface area (Å²) in [5, 5.41) is 0. The Morgan fingerprint density at radius 3 is 2.92 bits per heavy atom. The average Bonchev–Trinajstić information content (AvgIpc) is 2.18. The Balaban J connectivity index is 2.29. The predicted molar refractivity (Wildman–Crippen MR) is 50.2 cm³/mol. The fourth-order valence-electron chi connectivity index (χ4n) is 2.12. The normalized spacial score (nSPS) is 37.1. The van der Waals surface area contributed by atoms with Gasteiger partial charge < -0.3 is 4.74 Å². The van der Waals surface area contributed by atoms with Crippen LogP contribution in [-0.4, -0.2) is 30.2 Å². The van der Waals surface area contributed by atoms with Crippen molar-refractivity contribution in [2.45, 2.75) is 24.1 Å². The van der Waals surface area contributed by atoms with E-state index in [2.05, 4.69) is 4.99 Å². The van der Waals surface area contributed by atoms with E-state index < -0.39 is 4.87 Å². The Kier molecular flexibility index (Phi) is 2.06. The second kappa shape index (κ2) is 2.98. The summed E-state index contributed by atoms with van der Waals surface area (Å²) < 4.78 is 4.69. The van der Waals surface area contributed by atoms with Gasteiger partial charge in [-0.1, -0.05) is 0 Å². The molecular weight excluding hydrogens is 190 g/mol. The number of methoxy groups -OCH3 is 1. The SMILES string of the molecule is COC(=O)C1(Cl)CC2CCC1=NC2. The van der Waals surface area contributed by atoms with Gasteiger partial charge in [0.1, 0.15) is 0 Å². The van der Waals surface area contributed by atoms with Crippen molar-refractivity contribution in [2.24, 2.45) is 10.9 Å². The van der Waals surface area contributed by atoms with Crippen LogP contribution in [-0.2, 0) is 9.53 Å². The molecule has 0 amide bonds. The Morgan fingerprint density at radius 2 is 2.54 bits per heavy atom. The lowest BCUT2D eigenvalue weighted by atomic mass is 9.76. The summed E-state index contributed by atoms with van der Waals surface area (Å²) in [6, 6.07) is 0. The van der Waals surface area contributed by atoms with E-state index >= 15 is 0 Å². The maximum absolute atomic E-state index is 11.4. The number of carbonyl (C=O) groups is 1. The van der Waals surface area contributed by atoms with Crippen molar-refractivity contribution in [1.29, 1.82) is 0 Å². The second-order valence-corrected chi connectivity index (χ2v) is 4.33. The molecule has 0 saturated heterocycles. The number of nitrogens with zero attached hydrogens (tertiary/aromatic N) is 1. The van der Waals surface area contributed by atoms with Gasteiger partial charge in [-0.2, -0.15) is 0 Å². The van der Waals surface area contributed by atoms with Crippen molar-refractivity contribution >= 4 is 23.3 Å². The van der Waals surface area contributed by atoms with Crippen molar-refractivity contribution in [3.8, 4) is 0 Å². The Labute approximate surface area is 82.1 Å². The molecule has 0 N–H and O–H groups in total. The summed E-state index contributed by atoms with van der Waals surface area (Å²) in [7, 11) is 1.37. The highest BCUT2D eigenvalue weighted by Gasteiger charge is 2.49. The van der Waals surface area contributed by atoms with Gasteiger partial charge in [-0.05, 0) is 25.2 Å². The summed E-state index contributed by atoms with van der Waals surface area (Å²) in [6.45, 7) is 0.834.